The van der Waals surface area contributed by atoms with E-state index in [-0.39, 0.29) is 11.8 Å². The molecular formula is C28H29N9O. The molecule has 38 heavy (non-hydrogen) atoms. The highest BCUT2D eigenvalue weighted by atomic mass is 16.1. The van der Waals surface area contributed by atoms with Crippen molar-refractivity contribution >= 4 is 39.3 Å². The molecule has 0 bridgehead atoms. The summed E-state index contributed by atoms with van der Waals surface area (Å²) in [7, 11) is 2.15. The maximum absolute atomic E-state index is 12.4. The second-order valence-electron chi connectivity index (χ2n) is 10.3. The Morgan fingerprint density at radius 1 is 1.03 bits per heavy atom. The number of piperazine rings is 1. The lowest BCUT2D eigenvalue weighted by Gasteiger charge is -2.33. The smallest absolute Gasteiger partial charge is 0.227 e. The molecule has 3 N–H and O–H groups in total. The van der Waals surface area contributed by atoms with Gasteiger partial charge in [-0.25, -0.2) is 9.97 Å². The minimum absolute atomic E-state index is 0.0816. The third-order valence-corrected chi connectivity index (χ3v) is 7.79. The third-order valence-electron chi connectivity index (χ3n) is 7.79. The quantitative estimate of drug-likeness (QED) is 0.328. The Morgan fingerprint density at radius 3 is 2.71 bits per heavy atom. The van der Waals surface area contributed by atoms with Crippen molar-refractivity contribution in [1.82, 2.24) is 35.0 Å². The molecule has 1 aromatic carbocycles. The summed E-state index contributed by atoms with van der Waals surface area (Å²) in [6.45, 7) is 3.85. The van der Waals surface area contributed by atoms with E-state index in [0.717, 1.165) is 90.0 Å². The molecule has 2 aliphatic rings. The summed E-state index contributed by atoms with van der Waals surface area (Å²) >= 11 is 0. The number of nitrogens with zero attached hydrogens (tertiary/aromatic N) is 6. The van der Waals surface area contributed by atoms with Crippen molar-refractivity contribution in [2.45, 2.75) is 19.3 Å². The molecule has 10 nitrogen and oxygen atoms in total. The summed E-state index contributed by atoms with van der Waals surface area (Å²) in [5, 5.41) is 11.7. The summed E-state index contributed by atoms with van der Waals surface area (Å²) in [4.78, 5) is 34.5. The maximum Gasteiger partial charge on any atom is 0.227 e. The molecule has 2 fully saturated rings. The molecule has 1 saturated heterocycles. The molecule has 1 aliphatic heterocycles. The van der Waals surface area contributed by atoms with Gasteiger partial charge in [-0.1, -0.05) is 12.5 Å². The van der Waals surface area contributed by atoms with Crippen molar-refractivity contribution in [1.29, 1.82) is 0 Å². The lowest BCUT2D eigenvalue weighted by molar-refractivity contribution is -0.122. The molecule has 0 radical (unpaired) electrons. The molecule has 1 saturated carbocycles. The highest BCUT2D eigenvalue weighted by Crippen LogP contribution is 2.33. The number of amides is 1. The van der Waals surface area contributed by atoms with Crippen molar-refractivity contribution in [3.63, 3.8) is 0 Å². The number of pyridine rings is 2. The van der Waals surface area contributed by atoms with E-state index in [1.165, 1.54) is 0 Å². The average Bonchev–Trinajstić information content (AvgIpc) is 3.52. The first-order chi connectivity index (χ1) is 18.6. The number of aromatic nitrogens is 6. The van der Waals surface area contributed by atoms with Crippen molar-refractivity contribution in [2.24, 2.45) is 5.92 Å². The molecular weight excluding hydrogens is 478 g/mol. The molecule has 0 atom stereocenters. The summed E-state index contributed by atoms with van der Waals surface area (Å²) in [6.07, 6.45) is 8.41. The van der Waals surface area contributed by atoms with E-state index in [1.54, 1.807) is 6.20 Å². The zero-order valence-corrected chi connectivity index (χ0v) is 21.2. The van der Waals surface area contributed by atoms with Crippen LogP contribution in [0.5, 0.6) is 0 Å². The predicted octanol–water partition coefficient (Wildman–Crippen LogP) is 4.05. The lowest BCUT2D eigenvalue weighted by Crippen LogP contribution is -2.44. The number of carbonyl (C=O) groups is 1. The minimum Gasteiger partial charge on any atom is -0.352 e. The Morgan fingerprint density at radius 2 is 1.89 bits per heavy atom. The number of hydrogen-bond acceptors (Lipinski definition) is 7. The summed E-state index contributed by atoms with van der Waals surface area (Å²) in [5.41, 5.74) is 6.11. The van der Waals surface area contributed by atoms with Gasteiger partial charge < -0.3 is 20.1 Å². The highest BCUT2D eigenvalue weighted by molar-refractivity contribution is 5.97. The number of benzene rings is 1. The number of fused-ring (bicyclic) bond motifs is 2. The van der Waals surface area contributed by atoms with Crippen LogP contribution in [0.1, 0.15) is 19.3 Å². The normalized spacial score (nSPS) is 16.7. The van der Waals surface area contributed by atoms with E-state index >= 15 is 0 Å². The number of aromatic amines is 2. The van der Waals surface area contributed by atoms with Gasteiger partial charge in [0.15, 0.2) is 11.6 Å². The monoisotopic (exact) mass is 507 g/mol. The van der Waals surface area contributed by atoms with Gasteiger partial charge in [-0.3, -0.25) is 14.9 Å². The van der Waals surface area contributed by atoms with Gasteiger partial charge >= 0.3 is 0 Å². The standard InChI is InChI=1S/C28H29N9O/c1-36-9-11-37(12-10-36)27-25-23(7-8-30-27)32-26(33-25)24-21-14-18(5-6-22(21)34-35-24)19-13-20(16-29-15-19)31-28(38)17-3-2-4-17/h5-8,13-17H,2-4,9-12H2,1H3,(H,31,38)(H,32,33)(H,34,35). The number of hydrogen-bond donors (Lipinski definition) is 3. The molecule has 1 aliphatic carbocycles. The third kappa shape index (κ3) is 4.06. The van der Waals surface area contributed by atoms with Gasteiger partial charge in [-0.05, 0) is 49.7 Å². The van der Waals surface area contributed by atoms with Gasteiger partial charge in [0.25, 0.3) is 0 Å². The topological polar surface area (TPSA) is 119 Å². The molecule has 4 aromatic heterocycles. The van der Waals surface area contributed by atoms with Crippen molar-refractivity contribution < 1.29 is 4.79 Å². The van der Waals surface area contributed by atoms with E-state index in [0.29, 0.717) is 11.5 Å². The van der Waals surface area contributed by atoms with E-state index in [1.807, 2.05) is 36.7 Å². The summed E-state index contributed by atoms with van der Waals surface area (Å²) < 4.78 is 0. The van der Waals surface area contributed by atoms with Crippen LogP contribution in [0.15, 0.2) is 48.9 Å². The van der Waals surface area contributed by atoms with E-state index in [2.05, 4.69) is 53.4 Å². The molecule has 5 aromatic rings. The average molecular weight is 508 g/mol. The molecule has 0 unspecified atom stereocenters. The van der Waals surface area contributed by atoms with E-state index in [9.17, 15) is 4.79 Å². The van der Waals surface area contributed by atoms with E-state index < -0.39 is 0 Å². The SMILES string of the molecule is CN1CCN(c2nccc3[nH]c(-c4n[nH]c5ccc(-c6cncc(NC(=O)C7CCC7)c6)cc45)nc23)CC1. The number of imidazole rings is 1. The van der Waals surface area contributed by atoms with Crippen LogP contribution in [0.4, 0.5) is 11.5 Å². The molecule has 192 valence electrons. The fourth-order valence-electron chi connectivity index (χ4n) is 5.24. The Bertz CT molecular complexity index is 1640. The zero-order chi connectivity index (χ0) is 25.6. The fraction of sp³-hybridized carbons (Fsp3) is 0.321. The van der Waals surface area contributed by atoms with Crippen LogP contribution in [0, 0.1) is 5.92 Å². The van der Waals surface area contributed by atoms with Gasteiger partial charge in [0.1, 0.15) is 11.2 Å². The first-order valence-corrected chi connectivity index (χ1v) is 13.2. The van der Waals surface area contributed by atoms with Crippen LogP contribution in [0.2, 0.25) is 0 Å². The second kappa shape index (κ2) is 9.21. The van der Waals surface area contributed by atoms with Gasteiger partial charge in [0.2, 0.25) is 5.91 Å². The van der Waals surface area contributed by atoms with Crippen LogP contribution in [0.25, 0.3) is 44.6 Å². The fourth-order valence-corrected chi connectivity index (χ4v) is 5.24. The number of anilines is 2. The Hall–Kier alpha value is -4.31. The highest BCUT2D eigenvalue weighted by Gasteiger charge is 2.25. The van der Waals surface area contributed by atoms with Gasteiger partial charge in [0.05, 0.1) is 22.9 Å². The Kier molecular flexibility index (Phi) is 5.54. The lowest BCUT2D eigenvalue weighted by atomic mass is 9.85. The number of rotatable bonds is 5. The van der Waals surface area contributed by atoms with Crippen LogP contribution >= 0.6 is 0 Å². The predicted molar refractivity (Wildman–Crippen MR) is 148 cm³/mol. The van der Waals surface area contributed by atoms with Gasteiger partial charge in [0, 0.05) is 55.4 Å². The van der Waals surface area contributed by atoms with Crippen LogP contribution in [-0.2, 0) is 4.79 Å². The Labute approximate surface area is 219 Å². The van der Waals surface area contributed by atoms with Crippen LogP contribution in [-0.4, -0.2) is 74.2 Å². The van der Waals surface area contributed by atoms with Crippen molar-refractivity contribution in [2.75, 3.05) is 43.4 Å². The largest absolute Gasteiger partial charge is 0.352 e. The summed E-state index contributed by atoms with van der Waals surface area (Å²) in [6, 6.07) is 10.1. The first kappa shape index (κ1) is 22.9. The number of likely N-dealkylation sites (N-methyl/N-ethyl adjacent to an activating group) is 1. The second-order valence-corrected chi connectivity index (χ2v) is 10.3. The first-order valence-electron chi connectivity index (χ1n) is 13.2. The van der Waals surface area contributed by atoms with Crippen LogP contribution in [0.3, 0.4) is 0 Å². The molecule has 0 spiro atoms. The maximum atomic E-state index is 12.4. The number of H-pyrrole nitrogens is 2. The van der Waals surface area contributed by atoms with Crippen molar-refractivity contribution in [3.8, 4) is 22.6 Å². The summed E-state index contributed by atoms with van der Waals surface area (Å²) in [5.74, 6) is 1.81. The minimum atomic E-state index is 0.0816. The number of nitrogens with one attached hydrogen (secondary N) is 3. The van der Waals surface area contributed by atoms with Gasteiger partial charge in [-0.2, -0.15) is 5.10 Å². The van der Waals surface area contributed by atoms with Crippen LogP contribution < -0.4 is 10.2 Å². The molecule has 7 rings (SSSR count). The van der Waals surface area contributed by atoms with Gasteiger partial charge in [-0.15, -0.1) is 0 Å². The van der Waals surface area contributed by atoms with Crippen molar-refractivity contribution in [3.05, 3.63) is 48.9 Å². The molecule has 1 amide bonds. The Balaban J connectivity index is 1.22. The molecule has 5 heterocycles. The van der Waals surface area contributed by atoms with E-state index in [4.69, 9.17) is 4.98 Å². The zero-order valence-electron chi connectivity index (χ0n) is 21.2. The molecule has 10 heteroatoms. The number of carbonyl (C=O) groups excluding carboxylic acids is 1.